The van der Waals surface area contributed by atoms with Crippen LogP contribution < -0.4 is 5.73 Å². The van der Waals surface area contributed by atoms with E-state index < -0.39 is 0 Å². The number of hydrogen-bond acceptors (Lipinski definition) is 4. The van der Waals surface area contributed by atoms with E-state index in [9.17, 15) is 0 Å². The smallest absolute Gasteiger partial charge is 0.187 e. The van der Waals surface area contributed by atoms with Gasteiger partial charge in [0.05, 0.1) is 16.4 Å². The first-order valence-corrected chi connectivity index (χ1v) is 6.85. The number of nitrogens with zero attached hydrogens (tertiary/aromatic N) is 4. The van der Waals surface area contributed by atoms with Crippen molar-refractivity contribution < 1.29 is 0 Å². The van der Waals surface area contributed by atoms with E-state index in [2.05, 4.69) is 35.4 Å². The lowest BCUT2D eigenvalue weighted by molar-refractivity contribution is 0.790. The molecule has 1 heterocycles. The topological polar surface area (TPSA) is 69.6 Å². The molecule has 3 aromatic rings. The summed E-state index contributed by atoms with van der Waals surface area (Å²) >= 11 is 5.95. The molecule has 21 heavy (non-hydrogen) atoms. The van der Waals surface area contributed by atoms with Gasteiger partial charge < -0.3 is 5.73 Å². The Hall–Kier alpha value is -2.40. The number of benzene rings is 2. The van der Waals surface area contributed by atoms with Gasteiger partial charge in [0.1, 0.15) is 0 Å². The molecule has 0 fully saturated rings. The summed E-state index contributed by atoms with van der Waals surface area (Å²) in [5, 5.41) is 12.4. The van der Waals surface area contributed by atoms with Gasteiger partial charge in [-0.2, -0.15) is 4.68 Å². The molecule has 0 saturated heterocycles. The highest BCUT2D eigenvalue weighted by Gasteiger charge is 2.12. The lowest BCUT2D eigenvalue weighted by Crippen LogP contribution is -2.01. The van der Waals surface area contributed by atoms with Crippen molar-refractivity contribution in [3.63, 3.8) is 0 Å². The Labute approximate surface area is 127 Å². The summed E-state index contributed by atoms with van der Waals surface area (Å²) in [6, 6.07) is 11.4. The standard InChI is InChI=1S/C15H14ClN5/c1-9-3-5-12(7-10(9)2)21-15(18-19-20-21)11-4-6-13(16)14(17)8-11/h3-8H,17H2,1-2H3. The van der Waals surface area contributed by atoms with Gasteiger partial charge in [-0.05, 0) is 65.7 Å². The van der Waals surface area contributed by atoms with Crippen LogP contribution in [0.15, 0.2) is 36.4 Å². The van der Waals surface area contributed by atoms with Crippen LogP contribution in [0.5, 0.6) is 0 Å². The van der Waals surface area contributed by atoms with Gasteiger partial charge in [-0.3, -0.25) is 0 Å². The second kappa shape index (κ2) is 5.18. The quantitative estimate of drug-likeness (QED) is 0.738. The molecule has 0 aliphatic heterocycles. The van der Waals surface area contributed by atoms with Gasteiger partial charge in [0.2, 0.25) is 0 Å². The van der Waals surface area contributed by atoms with Crippen LogP contribution in [-0.2, 0) is 0 Å². The van der Waals surface area contributed by atoms with Gasteiger partial charge in [0, 0.05) is 5.56 Å². The summed E-state index contributed by atoms with van der Waals surface area (Å²) in [4.78, 5) is 0. The molecular formula is C15H14ClN5. The van der Waals surface area contributed by atoms with Crippen LogP contribution >= 0.6 is 11.6 Å². The van der Waals surface area contributed by atoms with Gasteiger partial charge in [-0.1, -0.05) is 17.7 Å². The first kappa shape index (κ1) is 13.6. The zero-order chi connectivity index (χ0) is 15.0. The Morgan fingerprint density at radius 1 is 1.05 bits per heavy atom. The number of anilines is 1. The van der Waals surface area contributed by atoms with Crippen molar-refractivity contribution in [3.05, 3.63) is 52.5 Å². The molecule has 6 heteroatoms. The highest BCUT2D eigenvalue weighted by Crippen LogP contribution is 2.26. The Morgan fingerprint density at radius 2 is 1.86 bits per heavy atom. The molecule has 0 aliphatic rings. The second-order valence-electron chi connectivity index (χ2n) is 4.92. The predicted molar refractivity (Wildman–Crippen MR) is 83.5 cm³/mol. The molecule has 2 N–H and O–H groups in total. The molecule has 3 rings (SSSR count). The van der Waals surface area contributed by atoms with Crippen molar-refractivity contribution in [2.45, 2.75) is 13.8 Å². The Balaban J connectivity index is 2.12. The lowest BCUT2D eigenvalue weighted by atomic mass is 10.1. The fraction of sp³-hybridized carbons (Fsp3) is 0.133. The number of halogens is 1. The number of rotatable bonds is 2. The molecule has 0 bridgehead atoms. The third-order valence-electron chi connectivity index (χ3n) is 3.46. The molecule has 0 saturated carbocycles. The molecule has 5 nitrogen and oxygen atoms in total. The van der Waals surface area contributed by atoms with Crippen molar-refractivity contribution in [3.8, 4) is 17.1 Å². The van der Waals surface area contributed by atoms with Crippen LogP contribution in [0, 0.1) is 13.8 Å². The van der Waals surface area contributed by atoms with Gasteiger partial charge in [0.15, 0.2) is 5.82 Å². The maximum Gasteiger partial charge on any atom is 0.187 e. The zero-order valence-electron chi connectivity index (χ0n) is 11.7. The number of nitrogen functional groups attached to an aromatic ring is 1. The third-order valence-corrected chi connectivity index (χ3v) is 3.80. The summed E-state index contributed by atoms with van der Waals surface area (Å²) in [5.41, 5.74) is 10.5. The zero-order valence-corrected chi connectivity index (χ0v) is 12.5. The van der Waals surface area contributed by atoms with Crippen LogP contribution in [0.1, 0.15) is 11.1 Å². The van der Waals surface area contributed by atoms with Crippen LogP contribution in [0.3, 0.4) is 0 Å². The van der Waals surface area contributed by atoms with E-state index in [1.54, 1.807) is 16.8 Å². The Kier molecular flexibility index (Phi) is 3.35. The second-order valence-corrected chi connectivity index (χ2v) is 5.33. The highest BCUT2D eigenvalue weighted by molar-refractivity contribution is 6.33. The lowest BCUT2D eigenvalue weighted by Gasteiger charge is -2.08. The average Bonchev–Trinajstić information content (AvgIpc) is 2.94. The first-order chi connectivity index (χ1) is 10.1. The highest BCUT2D eigenvalue weighted by atomic mass is 35.5. The van der Waals surface area contributed by atoms with E-state index in [1.807, 2.05) is 18.2 Å². The largest absolute Gasteiger partial charge is 0.398 e. The summed E-state index contributed by atoms with van der Waals surface area (Å²) in [5.74, 6) is 0.626. The van der Waals surface area contributed by atoms with Crippen LogP contribution in [0.2, 0.25) is 5.02 Å². The van der Waals surface area contributed by atoms with Crippen molar-refractivity contribution in [2.24, 2.45) is 0 Å². The van der Waals surface area contributed by atoms with Crippen LogP contribution in [-0.4, -0.2) is 20.2 Å². The van der Waals surface area contributed by atoms with Crippen LogP contribution in [0.4, 0.5) is 5.69 Å². The first-order valence-electron chi connectivity index (χ1n) is 6.47. The molecule has 0 spiro atoms. The van der Waals surface area contributed by atoms with E-state index >= 15 is 0 Å². The molecule has 0 radical (unpaired) electrons. The SMILES string of the molecule is Cc1ccc(-n2nnnc2-c2ccc(Cl)c(N)c2)cc1C. The van der Waals surface area contributed by atoms with Crippen molar-refractivity contribution in [1.82, 2.24) is 20.2 Å². The van der Waals surface area contributed by atoms with Gasteiger partial charge in [0.25, 0.3) is 0 Å². The van der Waals surface area contributed by atoms with Gasteiger partial charge in [-0.25, -0.2) is 0 Å². The minimum Gasteiger partial charge on any atom is -0.398 e. The van der Waals surface area contributed by atoms with Gasteiger partial charge >= 0.3 is 0 Å². The molecule has 0 atom stereocenters. The Morgan fingerprint density at radius 3 is 2.57 bits per heavy atom. The predicted octanol–water partition coefficient (Wildman–Crippen LogP) is 3.18. The summed E-state index contributed by atoms with van der Waals surface area (Å²) < 4.78 is 1.69. The Bertz CT molecular complexity index is 744. The molecule has 0 amide bonds. The summed E-state index contributed by atoms with van der Waals surface area (Å²) in [7, 11) is 0. The average molecular weight is 300 g/mol. The molecule has 1 aromatic heterocycles. The summed E-state index contributed by atoms with van der Waals surface area (Å²) in [6.45, 7) is 4.13. The fourth-order valence-corrected chi connectivity index (χ4v) is 2.20. The number of nitrogens with two attached hydrogens (primary N) is 1. The maximum atomic E-state index is 5.95. The fourth-order valence-electron chi connectivity index (χ4n) is 2.08. The van der Waals surface area contributed by atoms with E-state index in [1.165, 1.54) is 11.1 Å². The van der Waals surface area contributed by atoms with Crippen molar-refractivity contribution >= 4 is 17.3 Å². The van der Waals surface area contributed by atoms with Gasteiger partial charge in [-0.15, -0.1) is 5.10 Å². The van der Waals surface area contributed by atoms with E-state index in [0.717, 1.165) is 11.3 Å². The minimum absolute atomic E-state index is 0.504. The molecule has 0 unspecified atom stereocenters. The molecule has 0 aliphatic carbocycles. The van der Waals surface area contributed by atoms with Crippen molar-refractivity contribution in [2.75, 3.05) is 5.73 Å². The maximum absolute atomic E-state index is 5.95. The normalized spacial score (nSPS) is 10.8. The van der Waals surface area contributed by atoms with E-state index in [0.29, 0.717) is 16.5 Å². The monoisotopic (exact) mass is 299 g/mol. The number of tetrazole rings is 1. The van der Waals surface area contributed by atoms with Crippen LogP contribution in [0.25, 0.3) is 17.1 Å². The molecule has 106 valence electrons. The van der Waals surface area contributed by atoms with E-state index in [4.69, 9.17) is 17.3 Å². The van der Waals surface area contributed by atoms with Crippen molar-refractivity contribution in [1.29, 1.82) is 0 Å². The van der Waals surface area contributed by atoms with E-state index in [-0.39, 0.29) is 0 Å². The number of aromatic nitrogens is 4. The third kappa shape index (κ3) is 2.48. The number of hydrogen-bond donors (Lipinski definition) is 1. The molecule has 2 aromatic carbocycles. The molecular weight excluding hydrogens is 286 g/mol. The summed E-state index contributed by atoms with van der Waals surface area (Å²) in [6.07, 6.45) is 0. The number of aryl methyl sites for hydroxylation is 2. The minimum atomic E-state index is 0.504.